The molecule has 1 atom stereocenters. The molecule has 0 aliphatic rings. The van der Waals surface area contributed by atoms with Crippen LogP contribution in [0.25, 0.3) is 0 Å². The zero-order valence-electron chi connectivity index (χ0n) is 11.6. The molecule has 4 nitrogen and oxygen atoms in total. The number of rotatable bonds is 4. The predicted octanol–water partition coefficient (Wildman–Crippen LogP) is 4.13. The van der Waals surface area contributed by atoms with E-state index in [2.05, 4.69) is 10.6 Å². The zero-order valence-corrected chi connectivity index (χ0v) is 13.1. The largest absolute Gasteiger partial charge is 0.386 e. The summed E-state index contributed by atoms with van der Waals surface area (Å²) >= 11 is 11.6. The summed E-state index contributed by atoms with van der Waals surface area (Å²) in [5, 5.41) is 15.3. The van der Waals surface area contributed by atoms with Crippen LogP contribution in [0.4, 0.5) is 19.3 Å². The smallest absolute Gasteiger partial charge is 0.319 e. The topological polar surface area (TPSA) is 61.4 Å². The highest BCUT2D eigenvalue weighted by atomic mass is 35.5. The first-order valence-corrected chi connectivity index (χ1v) is 7.25. The van der Waals surface area contributed by atoms with Gasteiger partial charge in [-0.25, -0.2) is 13.6 Å². The van der Waals surface area contributed by atoms with Crippen LogP contribution in [-0.2, 0) is 0 Å². The first-order valence-electron chi connectivity index (χ1n) is 6.49. The first kappa shape index (κ1) is 17.5. The Bertz CT molecular complexity index is 729. The number of aliphatic hydroxyl groups excluding tert-OH is 1. The Balaban J connectivity index is 1.93. The third-order valence-corrected chi connectivity index (χ3v) is 3.50. The number of hydrogen-bond donors (Lipinski definition) is 3. The van der Waals surface area contributed by atoms with E-state index < -0.39 is 23.8 Å². The van der Waals surface area contributed by atoms with Gasteiger partial charge < -0.3 is 15.7 Å². The van der Waals surface area contributed by atoms with Gasteiger partial charge in [-0.1, -0.05) is 29.3 Å². The minimum absolute atomic E-state index is 0.115. The molecule has 0 spiro atoms. The van der Waals surface area contributed by atoms with Crippen molar-refractivity contribution in [2.75, 3.05) is 11.9 Å². The Morgan fingerprint density at radius 1 is 1.17 bits per heavy atom. The minimum atomic E-state index is -1.32. The summed E-state index contributed by atoms with van der Waals surface area (Å²) in [5.41, 5.74) is 0.215. The van der Waals surface area contributed by atoms with Gasteiger partial charge in [-0.05, 0) is 24.3 Å². The zero-order chi connectivity index (χ0) is 17.0. The van der Waals surface area contributed by atoms with E-state index in [1.54, 1.807) is 6.07 Å². The number of carbonyl (C=O) groups excluding carboxylic acids is 1. The normalized spacial score (nSPS) is 11.9. The highest BCUT2D eigenvalue weighted by Gasteiger charge is 2.15. The van der Waals surface area contributed by atoms with E-state index in [0.717, 1.165) is 12.1 Å². The summed E-state index contributed by atoms with van der Waals surface area (Å²) in [6, 6.07) is 6.68. The van der Waals surface area contributed by atoms with Gasteiger partial charge in [-0.2, -0.15) is 0 Å². The summed E-state index contributed by atoms with van der Waals surface area (Å²) in [4.78, 5) is 11.7. The van der Waals surface area contributed by atoms with Crippen LogP contribution >= 0.6 is 23.2 Å². The Kier molecular flexibility index (Phi) is 5.76. The van der Waals surface area contributed by atoms with Crippen LogP contribution < -0.4 is 10.6 Å². The second-order valence-electron chi connectivity index (χ2n) is 4.64. The molecule has 2 rings (SSSR count). The quantitative estimate of drug-likeness (QED) is 0.767. The van der Waals surface area contributed by atoms with Crippen LogP contribution in [0.5, 0.6) is 0 Å². The monoisotopic (exact) mass is 360 g/mol. The number of benzene rings is 2. The van der Waals surface area contributed by atoms with Crippen molar-refractivity contribution in [3.63, 3.8) is 0 Å². The van der Waals surface area contributed by atoms with Crippen LogP contribution in [-0.4, -0.2) is 17.7 Å². The van der Waals surface area contributed by atoms with Gasteiger partial charge in [-0.15, -0.1) is 0 Å². The standard InChI is InChI=1S/C15H12Cl2F2N2O2/c16-8-1-4-13(11(17)5-8)21-15(23)20-7-14(22)10-3-2-9(18)6-12(10)19/h1-6,14,22H,7H2,(H2,20,21,23). The summed E-state index contributed by atoms with van der Waals surface area (Å²) < 4.78 is 26.3. The Morgan fingerprint density at radius 2 is 1.91 bits per heavy atom. The number of nitrogens with one attached hydrogen (secondary N) is 2. The molecule has 2 aromatic rings. The third kappa shape index (κ3) is 4.79. The van der Waals surface area contributed by atoms with Gasteiger partial charge in [0.25, 0.3) is 0 Å². The lowest BCUT2D eigenvalue weighted by Gasteiger charge is -2.14. The van der Waals surface area contributed by atoms with E-state index in [1.807, 2.05) is 0 Å². The molecule has 0 radical (unpaired) electrons. The number of hydrogen-bond acceptors (Lipinski definition) is 2. The van der Waals surface area contributed by atoms with E-state index in [0.29, 0.717) is 16.8 Å². The van der Waals surface area contributed by atoms with Gasteiger partial charge in [0.15, 0.2) is 0 Å². The van der Waals surface area contributed by atoms with E-state index in [9.17, 15) is 18.7 Å². The highest BCUT2D eigenvalue weighted by Crippen LogP contribution is 2.25. The minimum Gasteiger partial charge on any atom is -0.386 e. The maximum Gasteiger partial charge on any atom is 0.319 e. The van der Waals surface area contributed by atoms with Crippen molar-refractivity contribution in [2.45, 2.75) is 6.10 Å². The molecule has 0 heterocycles. The van der Waals surface area contributed by atoms with Crippen molar-refractivity contribution < 1.29 is 18.7 Å². The molecule has 0 saturated carbocycles. The van der Waals surface area contributed by atoms with Crippen LogP contribution in [0.1, 0.15) is 11.7 Å². The lowest BCUT2D eigenvalue weighted by Crippen LogP contribution is -2.32. The number of halogens is 4. The molecule has 0 aromatic heterocycles. The van der Waals surface area contributed by atoms with Crippen molar-refractivity contribution in [1.82, 2.24) is 5.32 Å². The van der Waals surface area contributed by atoms with Gasteiger partial charge in [-0.3, -0.25) is 0 Å². The molecule has 0 aliphatic heterocycles. The number of amides is 2. The predicted molar refractivity (Wildman–Crippen MR) is 84.8 cm³/mol. The van der Waals surface area contributed by atoms with Crippen molar-refractivity contribution in [3.05, 3.63) is 63.6 Å². The van der Waals surface area contributed by atoms with Gasteiger partial charge in [0.2, 0.25) is 0 Å². The molecule has 0 aliphatic carbocycles. The maximum absolute atomic E-state index is 13.5. The summed E-state index contributed by atoms with van der Waals surface area (Å²) in [7, 11) is 0. The molecule has 2 aromatic carbocycles. The Morgan fingerprint density at radius 3 is 2.57 bits per heavy atom. The number of aliphatic hydroxyl groups is 1. The highest BCUT2D eigenvalue weighted by molar-refractivity contribution is 6.36. The van der Waals surface area contributed by atoms with Gasteiger partial charge in [0.1, 0.15) is 11.6 Å². The summed E-state index contributed by atoms with van der Waals surface area (Å²) in [6.07, 6.45) is -1.32. The molecular weight excluding hydrogens is 349 g/mol. The Labute approximate surface area is 141 Å². The molecule has 3 N–H and O–H groups in total. The van der Waals surface area contributed by atoms with Gasteiger partial charge in [0, 0.05) is 23.2 Å². The lowest BCUT2D eigenvalue weighted by atomic mass is 10.1. The molecule has 122 valence electrons. The fourth-order valence-electron chi connectivity index (χ4n) is 1.83. The summed E-state index contributed by atoms with van der Waals surface area (Å²) in [5.74, 6) is -1.64. The molecule has 0 saturated heterocycles. The first-order chi connectivity index (χ1) is 10.9. The van der Waals surface area contributed by atoms with Crippen LogP contribution in [0.2, 0.25) is 10.0 Å². The van der Waals surface area contributed by atoms with Crippen LogP contribution in [0.15, 0.2) is 36.4 Å². The molecule has 2 amide bonds. The molecule has 0 fully saturated rings. The van der Waals surface area contributed by atoms with Crippen molar-refractivity contribution in [1.29, 1.82) is 0 Å². The second kappa shape index (κ2) is 7.59. The van der Waals surface area contributed by atoms with Crippen molar-refractivity contribution >= 4 is 34.9 Å². The summed E-state index contributed by atoms with van der Waals surface area (Å²) in [6.45, 7) is -0.264. The van der Waals surface area contributed by atoms with Crippen molar-refractivity contribution in [2.24, 2.45) is 0 Å². The molecule has 23 heavy (non-hydrogen) atoms. The molecule has 1 unspecified atom stereocenters. The van der Waals surface area contributed by atoms with E-state index in [4.69, 9.17) is 23.2 Å². The fraction of sp³-hybridized carbons (Fsp3) is 0.133. The van der Waals surface area contributed by atoms with Crippen molar-refractivity contribution in [3.8, 4) is 0 Å². The average molecular weight is 361 g/mol. The van der Waals surface area contributed by atoms with Gasteiger partial charge >= 0.3 is 6.03 Å². The van der Waals surface area contributed by atoms with Crippen LogP contribution in [0.3, 0.4) is 0 Å². The average Bonchev–Trinajstić information content (AvgIpc) is 2.48. The number of carbonyl (C=O) groups is 1. The number of anilines is 1. The van der Waals surface area contributed by atoms with Crippen LogP contribution in [0, 0.1) is 11.6 Å². The molecule has 0 bridgehead atoms. The maximum atomic E-state index is 13.5. The van der Waals surface area contributed by atoms with E-state index in [1.165, 1.54) is 12.1 Å². The van der Waals surface area contributed by atoms with Gasteiger partial charge in [0.05, 0.1) is 16.8 Å². The van der Waals surface area contributed by atoms with E-state index >= 15 is 0 Å². The third-order valence-electron chi connectivity index (χ3n) is 2.96. The second-order valence-corrected chi connectivity index (χ2v) is 5.48. The fourth-order valence-corrected chi connectivity index (χ4v) is 2.28. The van der Waals surface area contributed by atoms with E-state index in [-0.39, 0.29) is 17.1 Å². The Hall–Kier alpha value is -1.89. The molecule has 8 heteroatoms. The lowest BCUT2D eigenvalue weighted by molar-refractivity contribution is 0.170. The molecular formula is C15H12Cl2F2N2O2. The number of urea groups is 1. The SMILES string of the molecule is O=C(NCC(O)c1ccc(F)cc1F)Nc1ccc(Cl)cc1Cl.